The van der Waals surface area contributed by atoms with E-state index in [9.17, 15) is 0 Å². The molecule has 2 aliphatic heterocycles. The normalized spacial score (nSPS) is 49.7. The number of halogens is 1. The van der Waals surface area contributed by atoms with Crippen LogP contribution in [-0.4, -0.2) is 36.6 Å². The molecule has 0 radical (unpaired) electrons. The highest BCUT2D eigenvalue weighted by Crippen LogP contribution is 2.34. The van der Waals surface area contributed by atoms with Crippen LogP contribution in [0.2, 0.25) is 0 Å². The zero-order valence-corrected chi connectivity index (χ0v) is 11.8. The highest BCUT2D eigenvalue weighted by atomic mass is 35.5. The third kappa shape index (κ3) is 2.69. The van der Waals surface area contributed by atoms with E-state index < -0.39 is 0 Å². The molecule has 4 atom stereocenters. The summed E-state index contributed by atoms with van der Waals surface area (Å²) in [5.74, 6) is 1.45. The summed E-state index contributed by atoms with van der Waals surface area (Å²) < 4.78 is 0. The van der Waals surface area contributed by atoms with Crippen molar-refractivity contribution in [3.05, 3.63) is 0 Å². The van der Waals surface area contributed by atoms with Crippen molar-refractivity contribution in [2.24, 2.45) is 17.6 Å². The average Bonchev–Trinajstić information content (AvgIpc) is 2.39. The lowest BCUT2D eigenvalue weighted by molar-refractivity contribution is 0.121. The van der Waals surface area contributed by atoms with Crippen molar-refractivity contribution < 1.29 is 0 Å². The Bertz CT molecular complexity index is 278. The molecule has 1 saturated carbocycles. The Kier molecular flexibility index (Phi) is 4.14. The number of alkyl halides is 1. The lowest BCUT2D eigenvalue weighted by Crippen LogP contribution is -2.63. The zero-order chi connectivity index (χ0) is 12.5. The molecule has 2 saturated heterocycles. The molecule has 4 heteroatoms. The molecule has 4 unspecified atom stereocenters. The summed E-state index contributed by atoms with van der Waals surface area (Å²) in [6.45, 7) is 2.24. The number of nitrogens with one attached hydrogen (secondary N) is 2. The lowest BCUT2D eigenvalue weighted by atomic mass is 9.74. The molecule has 3 rings (SSSR count). The average molecular weight is 272 g/mol. The second-order valence-corrected chi connectivity index (χ2v) is 7.07. The third-order valence-corrected chi connectivity index (χ3v) is 5.74. The first-order valence-corrected chi connectivity index (χ1v) is 8.04. The van der Waals surface area contributed by atoms with Crippen LogP contribution in [0.15, 0.2) is 0 Å². The van der Waals surface area contributed by atoms with Gasteiger partial charge in [0.15, 0.2) is 0 Å². The van der Waals surface area contributed by atoms with E-state index in [0.29, 0.717) is 29.4 Å². The molecule has 18 heavy (non-hydrogen) atoms. The molecule has 3 nitrogen and oxygen atoms in total. The Morgan fingerprint density at radius 1 is 1.00 bits per heavy atom. The number of rotatable bonds is 1. The van der Waals surface area contributed by atoms with Gasteiger partial charge in [0.1, 0.15) is 0 Å². The maximum Gasteiger partial charge on any atom is 0.0336 e. The van der Waals surface area contributed by atoms with E-state index in [2.05, 4.69) is 10.6 Å². The van der Waals surface area contributed by atoms with Crippen LogP contribution in [-0.2, 0) is 0 Å². The Morgan fingerprint density at radius 2 is 1.78 bits per heavy atom. The van der Waals surface area contributed by atoms with Crippen molar-refractivity contribution in [2.75, 3.05) is 13.1 Å². The smallest absolute Gasteiger partial charge is 0.0336 e. The molecule has 0 aromatic carbocycles. The van der Waals surface area contributed by atoms with Crippen LogP contribution in [0.3, 0.4) is 0 Å². The summed E-state index contributed by atoms with van der Waals surface area (Å²) in [4.78, 5) is 0. The Hall–Kier alpha value is 0.170. The maximum absolute atomic E-state index is 6.41. The number of piperidine rings is 2. The van der Waals surface area contributed by atoms with Crippen LogP contribution in [0.4, 0.5) is 0 Å². The van der Waals surface area contributed by atoms with Gasteiger partial charge in [-0.1, -0.05) is 0 Å². The molecule has 0 amide bonds. The van der Waals surface area contributed by atoms with Gasteiger partial charge in [-0.15, -0.1) is 11.6 Å². The summed E-state index contributed by atoms with van der Waals surface area (Å²) in [5.41, 5.74) is 6.41. The minimum Gasteiger partial charge on any atom is -0.327 e. The van der Waals surface area contributed by atoms with Gasteiger partial charge in [-0.3, -0.25) is 0 Å². The Labute approximate surface area is 115 Å². The maximum atomic E-state index is 6.41. The van der Waals surface area contributed by atoms with Gasteiger partial charge in [-0.05, 0) is 51.0 Å². The van der Waals surface area contributed by atoms with Crippen molar-refractivity contribution in [2.45, 2.75) is 62.0 Å². The SMILES string of the molecule is NC1CC(C2CCC(Cl)CC2)NC2CCNCC12. The van der Waals surface area contributed by atoms with E-state index in [0.717, 1.165) is 25.4 Å². The van der Waals surface area contributed by atoms with Crippen molar-refractivity contribution in [3.63, 3.8) is 0 Å². The monoisotopic (exact) mass is 271 g/mol. The van der Waals surface area contributed by atoms with Crippen LogP contribution in [0.5, 0.6) is 0 Å². The second kappa shape index (κ2) is 5.66. The topological polar surface area (TPSA) is 50.1 Å². The highest BCUT2D eigenvalue weighted by Gasteiger charge is 2.39. The van der Waals surface area contributed by atoms with Crippen LogP contribution in [0.25, 0.3) is 0 Å². The van der Waals surface area contributed by atoms with Gasteiger partial charge in [-0.25, -0.2) is 0 Å². The van der Waals surface area contributed by atoms with Crippen LogP contribution in [0, 0.1) is 11.8 Å². The van der Waals surface area contributed by atoms with Gasteiger partial charge >= 0.3 is 0 Å². The fraction of sp³-hybridized carbons (Fsp3) is 1.00. The summed E-state index contributed by atoms with van der Waals surface area (Å²) >= 11 is 6.21. The van der Waals surface area contributed by atoms with Gasteiger partial charge in [0.05, 0.1) is 0 Å². The molecule has 2 heterocycles. The first-order valence-electron chi connectivity index (χ1n) is 7.60. The fourth-order valence-electron chi connectivity index (χ4n) is 4.16. The lowest BCUT2D eigenvalue weighted by Gasteiger charge is -2.47. The largest absolute Gasteiger partial charge is 0.327 e. The summed E-state index contributed by atoms with van der Waals surface area (Å²) in [6.07, 6.45) is 7.34. The summed E-state index contributed by atoms with van der Waals surface area (Å²) in [7, 11) is 0. The standard InChI is InChI=1S/C14H26ClN3/c15-10-3-1-9(2-4-10)14-7-12(16)11-8-17-6-5-13(11)18-14/h9-14,17-18H,1-8,16H2. The molecule has 104 valence electrons. The number of hydrogen-bond acceptors (Lipinski definition) is 3. The predicted octanol–water partition coefficient (Wildman–Crippen LogP) is 1.45. The van der Waals surface area contributed by atoms with Gasteiger partial charge in [0, 0.05) is 36.0 Å². The fourth-order valence-corrected chi connectivity index (χ4v) is 4.41. The Morgan fingerprint density at radius 3 is 2.56 bits per heavy atom. The molecule has 0 spiro atoms. The van der Waals surface area contributed by atoms with Crippen LogP contribution < -0.4 is 16.4 Å². The Balaban J connectivity index is 1.60. The summed E-state index contributed by atoms with van der Waals surface area (Å²) in [5, 5.41) is 7.81. The van der Waals surface area contributed by atoms with Crippen molar-refractivity contribution in [1.82, 2.24) is 10.6 Å². The number of hydrogen-bond donors (Lipinski definition) is 3. The number of fused-ring (bicyclic) bond motifs is 1. The van der Waals surface area contributed by atoms with E-state index >= 15 is 0 Å². The van der Waals surface area contributed by atoms with Crippen LogP contribution >= 0.6 is 11.6 Å². The highest BCUT2D eigenvalue weighted by molar-refractivity contribution is 6.20. The molecule has 4 N–H and O–H groups in total. The van der Waals surface area contributed by atoms with E-state index in [1.165, 1.54) is 32.1 Å². The molecule has 1 aliphatic carbocycles. The molecule has 0 bridgehead atoms. The quantitative estimate of drug-likeness (QED) is 0.633. The number of nitrogens with two attached hydrogens (primary N) is 1. The first-order chi connectivity index (χ1) is 8.74. The van der Waals surface area contributed by atoms with Gasteiger partial charge in [0.2, 0.25) is 0 Å². The predicted molar refractivity (Wildman–Crippen MR) is 75.9 cm³/mol. The van der Waals surface area contributed by atoms with E-state index in [1.807, 2.05) is 0 Å². The molecular formula is C14H26ClN3. The molecular weight excluding hydrogens is 246 g/mol. The van der Waals surface area contributed by atoms with Crippen molar-refractivity contribution in [3.8, 4) is 0 Å². The molecule has 0 aromatic heterocycles. The first kappa shape index (κ1) is 13.2. The molecule has 3 aliphatic rings. The molecule has 0 aromatic rings. The van der Waals surface area contributed by atoms with E-state index in [1.54, 1.807) is 0 Å². The van der Waals surface area contributed by atoms with Crippen molar-refractivity contribution in [1.29, 1.82) is 0 Å². The minimum atomic E-state index is 0.378. The van der Waals surface area contributed by atoms with Gasteiger partial charge in [0.25, 0.3) is 0 Å². The summed E-state index contributed by atoms with van der Waals surface area (Å²) in [6, 6.07) is 1.67. The second-order valence-electron chi connectivity index (χ2n) is 6.45. The van der Waals surface area contributed by atoms with Crippen molar-refractivity contribution >= 4 is 11.6 Å². The third-order valence-electron chi connectivity index (χ3n) is 5.30. The zero-order valence-electron chi connectivity index (χ0n) is 11.1. The minimum absolute atomic E-state index is 0.378. The van der Waals surface area contributed by atoms with Gasteiger partial charge in [-0.2, -0.15) is 0 Å². The van der Waals surface area contributed by atoms with E-state index in [4.69, 9.17) is 17.3 Å². The molecule has 3 fully saturated rings. The van der Waals surface area contributed by atoms with E-state index in [-0.39, 0.29) is 0 Å². The van der Waals surface area contributed by atoms with Crippen LogP contribution in [0.1, 0.15) is 38.5 Å². The van der Waals surface area contributed by atoms with Gasteiger partial charge < -0.3 is 16.4 Å².